The zero-order valence-electron chi connectivity index (χ0n) is 42.4. The Labute approximate surface area is 488 Å². The summed E-state index contributed by atoms with van der Waals surface area (Å²) in [4.78, 5) is 43.3. The van der Waals surface area contributed by atoms with Gasteiger partial charge in [0.15, 0.2) is 21.2 Å². The second-order valence-corrected chi connectivity index (χ2v) is 23.4. The number of rotatable bonds is 12. The van der Waals surface area contributed by atoms with E-state index in [1.54, 1.807) is 36.4 Å². The molecule has 4 fully saturated rings. The van der Waals surface area contributed by atoms with Crippen molar-refractivity contribution in [3.05, 3.63) is 121 Å². The number of alkyl halides is 1. The lowest BCUT2D eigenvalue weighted by molar-refractivity contribution is 0.102. The number of halogens is 5. The second kappa shape index (κ2) is 30.8. The van der Waals surface area contributed by atoms with Crippen LogP contribution in [0.4, 0.5) is 33.7 Å². The van der Waals surface area contributed by atoms with Crippen LogP contribution in [0.15, 0.2) is 89.9 Å². The van der Waals surface area contributed by atoms with Crippen LogP contribution < -0.4 is 31.9 Å². The molecule has 0 aliphatic carbocycles. The molecule has 0 amide bonds. The zero-order valence-corrected chi connectivity index (χ0v) is 50.8. The van der Waals surface area contributed by atoms with Crippen LogP contribution in [0.25, 0.3) is 0 Å². The summed E-state index contributed by atoms with van der Waals surface area (Å²) in [5, 5.41) is 9.78. The summed E-state index contributed by atoms with van der Waals surface area (Å²) in [7, 11) is 0. The third-order valence-electron chi connectivity index (χ3n) is 13.6. The van der Waals surface area contributed by atoms with Crippen molar-refractivity contribution in [2.24, 2.45) is 10.7 Å². The van der Waals surface area contributed by atoms with E-state index in [0.717, 1.165) is 55.4 Å². The van der Waals surface area contributed by atoms with Crippen LogP contribution in [0.2, 0.25) is 20.1 Å². The number of carbonyl (C=O) groups is 2. The average Bonchev–Trinajstić information content (AvgIpc) is 3.80. The van der Waals surface area contributed by atoms with Crippen molar-refractivity contribution < 1.29 is 9.59 Å². The number of nitrogens with two attached hydrogens (primary N) is 2. The third-order valence-corrected chi connectivity index (χ3v) is 17.5. The molecule has 0 radical (unpaired) electrons. The van der Waals surface area contributed by atoms with Gasteiger partial charge in [0.2, 0.25) is 5.78 Å². The van der Waals surface area contributed by atoms with E-state index < -0.39 is 0 Å². The zero-order chi connectivity index (χ0) is 52.6. The van der Waals surface area contributed by atoms with Crippen LogP contribution in [0.1, 0.15) is 96.7 Å². The van der Waals surface area contributed by atoms with Crippen molar-refractivity contribution in [2.75, 3.05) is 89.6 Å². The SMILES string of the molecule is CCSC(N)=NC(=S)Nc1ccc(N2CCC(N3CCCCC3)CC2)cc1.Nc1nc(Nc2ccc(N3CCC(N4CCCCC4)CC3)cc2)sc1C(=O)c1ccc(Cl)c(Cl)c1.O=C(CBr)c1ccc(Cl)c(Cl)c1.P. The summed E-state index contributed by atoms with van der Waals surface area (Å²) in [6.45, 7) is 11.7. The van der Waals surface area contributed by atoms with Crippen LogP contribution in [-0.2, 0) is 0 Å². The summed E-state index contributed by atoms with van der Waals surface area (Å²) in [5.74, 6) is 0.853. The number of carbonyl (C=O) groups excluding carboxylic acids is 2. The topological polar surface area (TPSA) is 148 Å². The van der Waals surface area contributed by atoms with Crippen LogP contribution >= 0.6 is 108 Å². The van der Waals surface area contributed by atoms with E-state index in [0.29, 0.717) is 56.8 Å². The Morgan fingerprint density at radius 3 is 1.64 bits per heavy atom. The van der Waals surface area contributed by atoms with Crippen LogP contribution in [0, 0.1) is 0 Å². The fraction of sp³-hybridized carbons (Fsp3) is 0.426. The molecular weight excluding hydrogens is 1170 g/mol. The largest absolute Gasteiger partial charge is 0.382 e. The Bertz CT molecular complexity index is 2680. The summed E-state index contributed by atoms with van der Waals surface area (Å²) < 4.78 is 0. The van der Waals surface area contributed by atoms with Crippen molar-refractivity contribution >= 4 is 163 Å². The number of nitrogens with one attached hydrogen (secondary N) is 2. The molecule has 0 saturated carbocycles. The van der Waals surface area contributed by atoms with E-state index in [2.05, 4.69) is 92.5 Å². The summed E-state index contributed by atoms with van der Waals surface area (Å²) in [5.41, 5.74) is 17.2. The number of Topliss-reactive ketones (excluding diaryl/α,β-unsaturated/α-hetero) is 1. The minimum absolute atomic E-state index is 0. The number of nitrogens with zero attached hydrogens (tertiary/aromatic N) is 6. The molecular formula is C54H68BrCl4N10O2PS3. The van der Waals surface area contributed by atoms with Crippen molar-refractivity contribution in [3.8, 4) is 0 Å². The Hall–Kier alpha value is -3.25. The summed E-state index contributed by atoms with van der Waals surface area (Å²) >= 11 is 34.5. The Morgan fingerprint density at radius 2 is 1.17 bits per heavy atom. The summed E-state index contributed by atoms with van der Waals surface area (Å²) in [6.07, 6.45) is 13.3. The lowest BCUT2D eigenvalue weighted by atomic mass is 9.99. The van der Waals surface area contributed by atoms with Gasteiger partial charge >= 0.3 is 0 Å². The molecule has 4 saturated heterocycles. The first kappa shape index (κ1) is 61.0. The number of hydrogen-bond acceptors (Lipinski definition) is 12. The minimum Gasteiger partial charge on any atom is -0.382 e. The van der Waals surface area contributed by atoms with Crippen LogP contribution in [0.5, 0.6) is 0 Å². The van der Waals surface area contributed by atoms with Gasteiger partial charge in [-0.15, -0.1) is 0 Å². The van der Waals surface area contributed by atoms with E-state index in [9.17, 15) is 9.59 Å². The number of aliphatic imine (C=N–C) groups is 1. The Kier molecular flexibility index (Phi) is 25.0. The van der Waals surface area contributed by atoms with Crippen molar-refractivity contribution in [2.45, 2.75) is 83.2 Å². The first-order valence-electron chi connectivity index (χ1n) is 25.3. The maximum Gasteiger partial charge on any atom is 0.206 e. The molecule has 0 spiro atoms. The number of benzene rings is 4. The predicted molar refractivity (Wildman–Crippen MR) is 336 cm³/mol. The Balaban J connectivity index is 0.000000202. The molecule has 1 atom stereocenters. The fourth-order valence-electron chi connectivity index (χ4n) is 9.68. The lowest BCUT2D eigenvalue weighted by Crippen LogP contribution is -2.46. The van der Waals surface area contributed by atoms with E-state index in [1.807, 2.05) is 19.1 Å². The Morgan fingerprint density at radius 1 is 0.707 bits per heavy atom. The molecule has 4 aliphatic rings. The standard InChI is InChI=1S/C26H29Cl2N5OS.C20H31N5S2.C8H5BrCl2O.H3P/c27-21-9-4-17(16-22(21)28)23(34)24-25(29)31-26(35-24)30-18-5-7-19(8-6-18)33-14-10-20(11-15-33)32-12-2-1-3-13-32;1-2-27-19(21)23-20(26)22-16-6-8-17(9-7-16)25-14-10-18(11-15-25)24-12-4-3-5-13-24;9-4-8(12)5-1-2-6(10)7(11)3-5;/h4-9,16,20H,1-3,10-15,29H2,(H,30,31);6-9,18H,2-5,10-15H2,1H3,(H3,21,22,23,26);1-3H,4H2;1H3. The van der Waals surface area contributed by atoms with E-state index in [4.69, 9.17) is 70.1 Å². The molecule has 12 nitrogen and oxygen atoms in total. The van der Waals surface area contributed by atoms with E-state index in [1.165, 1.54) is 125 Å². The highest BCUT2D eigenvalue weighted by Gasteiger charge is 2.27. The molecule has 21 heteroatoms. The van der Waals surface area contributed by atoms with Crippen molar-refractivity contribution in [1.29, 1.82) is 0 Å². The number of aromatic nitrogens is 1. The molecule has 6 N–H and O–H groups in total. The van der Waals surface area contributed by atoms with Gasteiger partial charge in [0.25, 0.3) is 0 Å². The minimum atomic E-state index is -0.227. The summed E-state index contributed by atoms with van der Waals surface area (Å²) in [6, 6.07) is 28.0. The number of nitrogen functional groups attached to an aromatic ring is 1. The van der Waals surface area contributed by atoms with Gasteiger partial charge in [-0.2, -0.15) is 14.9 Å². The molecule has 404 valence electrons. The van der Waals surface area contributed by atoms with Gasteiger partial charge in [-0.1, -0.05) is 105 Å². The van der Waals surface area contributed by atoms with Gasteiger partial charge in [0, 0.05) is 72.1 Å². The highest BCUT2D eigenvalue weighted by Crippen LogP contribution is 2.33. The number of hydrogen-bond donors (Lipinski definition) is 4. The van der Waals surface area contributed by atoms with Gasteiger partial charge in [-0.25, -0.2) is 4.98 Å². The molecule has 5 heterocycles. The second-order valence-electron chi connectivity index (χ2n) is 18.5. The average molecular weight is 1240 g/mol. The predicted octanol–water partition coefficient (Wildman–Crippen LogP) is 14.0. The quantitative estimate of drug-likeness (QED) is 0.0235. The number of thiocarbonyl (C=S) groups is 1. The van der Waals surface area contributed by atoms with Gasteiger partial charge in [0.1, 0.15) is 10.7 Å². The monoisotopic (exact) mass is 1230 g/mol. The molecule has 5 aromatic rings. The molecule has 9 rings (SSSR count). The molecule has 4 aromatic carbocycles. The first-order chi connectivity index (χ1) is 35.8. The molecule has 4 aliphatic heterocycles. The molecule has 0 bridgehead atoms. The maximum absolute atomic E-state index is 12.9. The van der Waals surface area contributed by atoms with E-state index in [-0.39, 0.29) is 27.3 Å². The normalized spacial score (nSPS) is 16.9. The number of amidine groups is 1. The first-order valence-corrected chi connectivity index (χ1v) is 30.2. The molecule has 1 unspecified atom stereocenters. The number of thioether (sulfide) groups is 1. The fourth-order valence-corrected chi connectivity index (χ4v) is 12.2. The number of piperidine rings is 4. The van der Waals surface area contributed by atoms with Gasteiger partial charge < -0.3 is 41.7 Å². The smallest absolute Gasteiger partial charge is 0.206 e. The van der Waals surface area contributed by atoms with Crippen LogP contribution in [-0.4, -0.2) is 112 Å². The van der Waals surface area contributed by atoms with Gasteiger partial charge in [-0.3, -0.25) is 9.59 Å². The highest BCUT2D eigenvalue weighted by molar-refractivity contribution is 9.09. The molecule has 75 heavy (non-hydrogen) atoms. The third kappa shape index (κ3) is 18.1. The van der Waals surface area contributed by atoms with Crippen LogP contribution in [0.3, 0.4) is 0 Å². The van der Waals surface area contributed by atoms with Crippen molar-refractivity contribution in [3.63, 3.8) is 0 Å². The van der Waals surface area contributed by atoms with E-state index >= 15 is 0 Å². The van der Waals surface area contributed by atoms with Gasteiger partial charge in [-0.05, 0) is 180 Å². The maximum atomic E-state index is 12.9. The lowest BCUT2D eigenvalue weighted by Gasteiger charge is -2.41. The number of likely N-dealkylation sites (tertiary alicyclic amines) is 2. The van der Waals surface area contributed by atoms with Crippen molar-refractivity contribution in [1.82, 2.24) is 14.8 Å². The van der Waals surface area contributed by atoms with Gasteiger partial charge in [0.05, 0.1) is 25.4 Å². The number of thiazole rings is 1. The number of anilines is 6. The highest BCUT2D eigenvalue weighted by atomic mass is 79.9. The molecule has 1 aromatic heterocycles. The number of ketones is 2.